The molecule has 3 rings (SSSR count). The fraction of sp³-hybridized carbons (Fsp3) is 0.478. The number of benzene rings is 1. The van der Waals surface area contributed by atoms with E-state index in [4.69, 9.17) is 14.2 Å². The van der Waals surface area contributed by atoms with Crippen LogP contribution in [0.5, 0.6) is 5.75 Å². The quantitative estimate of drug-likeness (QED) is 0.532. The SMILES string of the molecule is CCCOc1ccccc1C1C(C(=O)OCCOC)=C(C)NC2=C1C(=O)CCC2. The van der Waals surface area contributed by atoms with Gasteiger partial charge in [0.15, 0.2) is 5.78 Å². The summed E-state index contributed by atoms with van der Waals surface area (Å²) in [6.45, 7) is 4.95. The number of rotatable bonds is 8. The van der Waals surface area contributed by atoms with Crippen molar-refractivity contribution in [1.29, 1.82) is 0 Å². The first-order chi connectivity index (χ1) is 14.1. The third-order valence-corrected chi connectivity index (χ3v) is 5.21. The summed E-state index contributed by atoms with van der Waals surface area (Å²) in [6.07, 6.45) is 2.96. The molecule has 0 bridgehead atoms. The lowest BCUT2D eigenvalue weighted by atomic mass is 9.75. The van der Waals surface area contributed by atoms with Crippen LogP contribution in [0.1, 0.15) is 51.0 Å². The average molecular weight is 399 g/mol. The number of Topliss-reactive ketones (excluding diaryl/α,β-unsaturated/α-hetero) is 1. The Balaban J connectivity index is 2.08. The molecule has 1 aromatic rings. The Labute approximate surface area is 171 Å². The molecule has 2 aliphatic rings. The number of para-hydroxylation sites is 1. The molecule has 1 N–H and O–H groups in total. The van der Waals surface area contributed by atoms with Crippen LogP contribution in [0, 0.1) is 0 Å². The van der Waals surface area contributed by atoms with Crippen LogP contribution >= 0.6 is 0 Å². The number of carbonyl (C=O) groups excluding carboxylic acids is 2. The maximum atomic E-state index is 13.0. The van der Waals surface area contributed by atoms with Crippen LogP contribution in [-0.2, 0) is 19.1 Å². The van der Waals surface area contributed by atoms with Gasteiger partial charge in [0.25, 0.3) is 0 Å². The predicted octanol–water partition coefficient (Wildman–Crippen LogP) is 3.63. The standard InChI is InChI=1S/C23H29NO5/c1-4-12-28-19-11-6-5-8-16(19)21-20(23(26)29-14-13-27-3)15(2)24-17-9-7-10-18(25)22(17)21/h5-6,8,11,21,24H,4,7,9-10,12-14H2,1-3H3. The molecule has 6 heteroatoms. The van der Waals surface area contributed by atoms with E-state index in [0.29, 0.717) is 36.5 Å². The molecular formula is C23H29NO5. The van der Waals surface area contributed by atoms with Crippen LogP contribution in [0.3, 0.4) is 0 Å². The monoisotopic (exact) mass is 399 g/mol. The van der Waals surface area contributed by atoms with E-state index in [2.05, 4.69) is 5.32 Å². The van der Waals surface area contributed by atoms with E-state index in [-0.39, 0.29) is 12.4 Å². The Morgan fingerprint density at radius 2 is 1.97 bits per heavy atom. The largest absolute Gasteiger partial charge is 0.493 e. The van der Waals surface area contributed by atoms with Gasteiger partial charge in [0.05, 0.1) is 24.7 Å². The second-order valence-corrected chi connectivity index (χ2v) is 7.28. The number of allylic oxidation sites excluding steroid dienone is 3. The van der Waals surface area contributed by atoms with Gasteiger partial charge in [-0.05, 0) is 32.3 Å². The summed E-state index contributed by atoms with van der Waals surface area (Å²) >= 11 is 0. The Kier molecular flexibility index (Phi) is 7.09. The number of dihydropyridines is 1. The number of nitrogens with one attached hydrogen (secondary N) is 1. The van der Waals surface area contributed by atoms with Crippen molar-refractivity contribution in [2.75, 3.05) is 26.9 Å². The molecule has 0 aromatic heterocycles. The Morgan fingerprint density at radius 1 is 1.17 bits per heavy atom. The summed E-state index contributed by atoms with van der Waals surface area (Å²) in [5.74, 6) is -0.167. The topological polar surface area (TPSA) is 73.9 Å². The average Bonchev–Trinajstić information content (AvgIpc) is 2.71. The molecule has 1 unspecified atom stereocenters. The van der Waals surface area contributed by atoms with E-state index < -0.39 is 11.9 Å². The molecule has 0 spiro atoms. The van der Waals surface area contributed by atoms with Gasteiger partial charge in [-0.3, -0.25) is 4.79 Å². The lowest BCUT2D eigenvalue weighted by molar-refractivity contribution is -0.140. The van der Waals surface area contributed by atoms with Crippen LogP contribution in [0.2, 0.25) is 0 Å². The highest BCUT2D eigenvalue weighted by atomic mass is 16.6. The Bertz CT molecular complexity index is 839. The molecule has 1 aliphatic heterocycles. The van der Waals surface area contributed by atoms with E-state index in [9.17, 15) is 9.59 Å². The van der Waals surface area contributed by atoms with Crippen molar-refractivity contribution in [1.82, 2.24) is 5.32 Å². The molecule has 156 valence electrons. The molecule has 1 aromatic carbocycles. The number of ether oxygens (including phenoxy) is 3. The molecule has 1 atom stereocenters. The van der Waals surface area contributed by atoms with Gasteiger partial charge in [-0.15, -0.1) is 0 Å². The maximum absolute atomic E-state index is 13.0. The predicted molar refractivity (Wildman–Crippen MR) is 110 cm³/mol. The van der Waals surface area contributed by atoms with Gasteiger partial charge in [-0.1, -0.05) is 25.1 Å². The van der Waals surface area contributed by atoms with E-state index in [1.165, 1.54) is 0 Å². The van der Waals surface area contributed by atoms with E-state index in [0.717, 1.165) is 36.2 Å². The zero-order valence-corrected chi connectivity index (χ0v) is 17.4. The van der Waals surface area contributed by atoms with E-state index >= 15 is 0 Å². The van der Waals surface area contributed by atoms with Gasteiger partial charge >= 0.3 is 5.97 Å². The lowest BCUT2D eigenvalue weighted by Crippen LogP contribution is -2.34. The molecule has 1 heterocycles. The molecule has 0 amide bonds. The molecule has 1 aliphatic carbocycles. The Hall–Kier alpha value is -2.60. The zero-order chi connectivity index (χ0) is 20.8. The number of methoxy groups -OCH3 is 1. The summed E-state index contributed by atoms with van der Waals surface area (Å²) in [4.78, 5) is 26.0. The Morgan fingerprint density at radius 3 is 2.72 bits per heavy atom. The summed E-state index contributed by atoms with van der Waals surface area (Å²) < 4.78 is 16.4. The molecule has 0 fully saturated rings. The second-order valence-electron chi connectivity index (χ2n) is 7.28. The molecular weight excluding hydrogens is 370 g/mol. The highest BCUT2D eigenvalue weighted by molar-refractivity contribution is 6.04. The van der Waals surface area contributed by atoms with Crippen LogP contribution in [0.4, 0.5) is 0 Å². The number of carbonyl (C=O) groups is 2. The highest BCUT2D eigenvalue weighted by Crippen LogP contribution is 2.45. The van der Waals surface area contributed by atoms with Crippen LogP contribution < -0.4 is 10.1 Å². The number of hydrogen-bond donors (Lipinski definition) is 1. The van der Waals surface area contributed by atoms with Crippen molar-refractivity contribution < 1.29 is 23.8 Å². The van der Waals surface area contributed by atoms with Crippen molar-refractivity contribution in [3.8, 4) is 5.75 Å². The summed E-state index contributed by atoms with van der Waals surface area (Å²) in [6, 6.07) is 7.64. The molecule has 6 nitrogen and oxygen atoms in total. The van der Waals surface area contributed by atoms with Crippen molar-refractivity contribution >= 4 is 11.8 Å². The minimum Gasteiger partial charge on any atom is -0.493 e. The first kappa shape index (κ1) is 21.1. The van der Waals surface area contributed by atoms with Crippen molar-refractivity contribution in [3.63, 3.8) is 0 Å². The van der Waals surface area contributed by atoms with Gasteiger partial charge < -0.3 is 19.5 Å². The first-order valence-electron chi connectivity index (χ1n) is 10.2. The van der Waals surface area contributed by atoms with Gasteiger partial charge in [-0.2, -0.15) is 0 Å². The highest BCUT2D eigenvalue weighted by Gasteiger charge is 2.40. The van der Waals surface area contributed by atoms with Gasteiger partial charge in [0, 0.05) is 36.1 Å². The van der Waals surface area contributed by atoms with Crippen LogP contribution in [0.25, 0.3) is 0 Å². The van der Waals surface area contributed by atoms with Crippen molar-refractivity contribution in [2.45, 2.75) is 45.4 Å². The van der Waals surface area contributed by atoms with Gasteiger partial charge in [0.1, 0.15) is 12.4 Å². The number of ketones is 1. The summed E-state index contributed by atoms with van der Waals surface area (Å²) in [5, 5.41) is 3.30. The van der Waals surface area contributed by atoms with E-state index in [1.54, 1.807) is 7.11 Å². The van der Waals surface area contributed by atoms with Crippen LogP contribution in [0.15, 0.2) is 46.8 Å². The van der Waals surface area contributed by atoms with Crippen molar-refractivity contribution in [2.24, 2.45) is 0 Å². The smallest absolute Gasteiger partial charge is 0.336 e. The molecule has 0 saturated heterocycles. The first-order valence-corrected chi connectivity index (χ1v) is 10.2. The van der Waals surface area contributed by atoms with Gasteiger partial charge in [0.2, 0.25) is 0 Å². The van der Waals surface area contributed by atoms with E-state index in [1.807, 2.05) is 38.1 Å². The number of hydrogen-bond acceptors (Lipinski definition) is 6. The summed E-state index contributed by atoms with van der Waals surface area (Å²) in [5.41, 5.74) is 3.57. The molecule has 0 radical (unpaired) electrons. The third kappa shape index (κ3) is 4.53. The minimum atomic E-state index is -0.498. The van der Waals surface area contributed by atoms with Crippen LogP contribution in [-0.4, -0.2) is 38.7 Å². The summed E-state index contributed by atoms with van der Waals surface area (Å²) in [7, 11) is 1.56. The van der Waals surface area contributed by atoms with Crippen molar-refractivity contribution in [3.05, 3.63) is 52.4 Å². The minimum absolute atomic E-state index is 0.0729. The van der Waals surface area contributed by atoms with Gasteiger partial charge in [-0.25, -0.2) is 4.79 Å². The normalized spacial score (nSPS) is 19.0. The number of esters is 1. The zero-order valence-electron chi connectivity index (χ0n) is 17.4. The fourth-order valence-electron chi connectivity index (χ4n) is 3.92. The second kappa shape index (κ2) is 9.74. The fourth-order valence-corrected chi connectivity index (χ4v) is 3.92. The molecule has 0 saturated carbocycles. The lowest BCUT2D eigenvalue weighted by Gasteiger charge is -2.34. The molecule has 29 heavy (non-hydrogen) atoms. The maximum Gasteiger partial charge on any atom is 0.336 e. The third-order valence-electron chi connectivity index (χ3n) is 5.21.